The van der Waals surface area contributed by atoms with Gasteiger partial charge < -0.3 is 21.3 Å². The van der Waals surface area contributed by atoms with Gasteiger partial charge >= 0.3 is 0 Å². The zero-order chi connectivity index (χ0) is 13.9. The molecule has 1 aliphatic heterocycles. The summed E-state index contributed by atoms with van der Waals surface area (Å²) in [7, 11) is 0. The molecule has 0 radical (unpaired) electrons. The third kappa shape index (κ3) is 2.42. The Morgan fingerprint density at radius 3 is 2.20 bits per heavy atom. The molecule has 3 heterocycles. The molecule has 1 saturated heterocycles. The van der Waals surface area contributed by atoms with E-state index < -0.39 is 0 Å². The first-order chi connectivity index (χ1) is 9.74. The van der Waals surface area contributed by atoms with E-state index in [0.29, 0.717) is 11.5 Å². The summed E-state index contributed by atoms with van der Waals surface area (Å²) >= 11 is 0. The molecular formula is C13H17N7. The number of nitrogens with two attached hydrogens (primary N) is 2. The van der Waals surface area contributed by atoms with Gasteiger partial charge in [0.05, 0.1) is 5.69 Å². The number of nitrogens with zero attached hydrogens (tertiary/aromatic N) is 5. The van der Waals surface area contributed by atoms with Crippen LogP contribution in [0.3, 0.4) is 0 Å². The largest absolute Gasteiger partial charge is 0.396 e. The van der Waals surface area contributed by atoms with Crippen LogP contribution < -0.4 is 21.3 Å². The molecule has 2 aromatic rings. The van der Waals surface area contributed by atoms with Crippen LogP contribution in [0.25, 0.3) is 0 Å². The van der Waals surface area contributed by atoms with E-state index in [4.69, 9.17) is 11.5 Å². The number of anilines is 4. The Bertz CT molecular complexity index is 579. The van der Waals surface area contributed by atoms with Gasteiger partial charge in [0, 0.05) is 38.6 Å². The van der Waals surface area contributed by atoms with E-state index in [-0.39, 0.29) is 0 Å². The minimum Gasteiger partial charge on any atom is -0.396 e. The van der Waals surface area contributed by atoms with E-state index >= 15 is 0 Å². The lowest BCUT2D eigenvalue weighted by Gasteiger charge is -2.35. The second-order valence-corrected chi connectivity index (χ2v) is 4.67. The molecule has 1 aliphatic rings. The molecular weight excluding hydrogens is 254 g/mol. The summed E-state index contributed by atoms with van der Waals surface area (Å²) in [6, 6.07) is 5.52. The average Bonchev–Trinajstić information content (AvgIpc) is 2.51. The smallest absolute Gasteiger partial charge is 0.225 e. The summed E-state index contributed by atoms with van der Waals surface area (Å²) in [5.41, 5.74) is 12.0. The van der Waals surface area contributed by atoms with Gasteiger partial charge in [0.2, 0.25) is 5.95 Å². The molecule has 0 saturated carbocycles. The van der Waals surface area contributed by atoms with Gasteiger partial charge in [-0.25, -0.2) is 15.0 Å². The molecule has 20 heavy (non-hydrogen) atoms. The van der Waals surface area contributed by atoms with Crippen LogP contribution in [-0.4, -0.2) is 41.1 Å². The molecule has 2 aromatic heterocycles. The highest BCUT2D eigenvalue weighted by Gasteiger charge is 2.19. The second-order valence-electron chi connectivity index (χ2n) is 4.67. The second kappa shape index (κ2) is 5.20. The van der Waals surface area contributed by atoms with E-state index in [9.17, 15) is 0 Å². The van der Waals surface area contributed by atoms with Gasteiger partial charge in [-0.1, -0.05) is 0 Å². The van der Waals surface area contributed by atoms with Gasteiger partial charge in [0.1, 0.15) is 11.6 Å². The molecule has 104 valence electrons. The van der Waals surface area contributed by atoms with Gasteiger partial charge in [-0.15, -0.1) is 0 Å². The van der Waals surface area contributed by atoms with Crippen molar-refractivity contribution in [3.8, 4) is 0 Å². The molecule has 3 rings (SSSR count). The maximum Gasteiger partial charge on any atom is 0.225 e. The first kappa shape index (κ1) is 12.5. The minimum atomic E-state index is 0.385. The van der Waals surface area contributed by atoms with Crippen LogP contribution in [0, 0.1) is 0 Å². The van der Waals surface area contributed by atoms with Gasteiger partial charge in [-0.2, -0.15) is 0 Å². The molecule has 4 N–H and O–H groups in total. The standard InChI is InChI=1S/C13H17N7/c14-10-2-3-11(18-12(10)15)19-6-8-20(9-7-19)13-16-4-1-5-17-13/h1-5H,6-9,14H2,(H2,15,18). The summed E-state index contributed by atoms with van der Waals surface area (Å²) in [6.45, 7) is 3.43. The Kier molecular flexibility index (Phi) is 3.24. The Hall–Kier alpha value is -2.57. The van der Waals surface area contributed by atoms with Crippen molar-refractivity contribution in [1.82, 2.24) is 15.0 Å². The van der Waals surface area contributed by atoms with Crippen molar-refractivity contribution in [3.63, 3.8) is 0 Å². The Morgan fingerprint density at radius 2 is 1.55 bits per heavy atom. The Morgan fingerprint density at radius 1 is 0.900 bits per heavy atom. The average molecular weight is 271 g/mol. The highest BCUT2D eigenvalue weighted by atomic mass is 15.3. The number of pyridine rings is 1. The fourth-order valence-electron chi connectivity index (χ4n) is 2.24. The van der Waals surface area contributed by atoms with Gasteiger partial charge in [0.25, 0.3) is 0 Å². The lowest BCUT2D eigenvalue weighted by atomic mass is 10.3. The lowest BCUT2D eigenvalue weighted by Crippen LogP contribution is -2.47. The van der Waals surface area contributed by atoms with Crippen LogP contribution in [0.15, 0.2) is 30.6 Å². The Labute approximate surface area is 117 Å². The van der Waals surface area contributed by atoms with Crippen LogP contribution >= 0.6 is 0 Å². The highest BCUT2D eigenvalue weighted by Crippen LogP contribution is 2.20. The molecule has 7 heteroatoms. The predicted molar refractivity (Wildman–Crippen MR) is 79.5 cm³/mol. The highest BCUT2D eigenvalue weighted by molar-refractivity contribution is 5.62. The molecule has 0 amide bonds. The molecule has 1 fully saturated rings. The van der Waals surface area contributed by atoms with E-state index in [1.165, 1.54) is 0 Å². The first-order valence-electron chi connectivity index (χ1n) is 6.53. The fraction of sp³-hybridized carbons (Fsp3) is 0.308. The van der Waals surface area contributed by atoms with Crippen molar-refractivity contribution in [2.45, 2.75) is 0 Å². The summed E-state index contributed by atoms with van der Waals surface area (Å²) in [5, 5.41) is 0. The van der Waals surface area contributed by atoms with Crippen LogP contribution in [0.1, 0.15) is 0 Å². The van der Waals surface area contributed by atoms with Gasteiger partial charge in [0.15, 0.2) is 0 Å². The summed E-state index contributed by atoms with van der Waals surface area (Å²) < 4.78 is 0. The summed E-state index contributed by atoms with van der Waals surface area (Å²) in [4.78, 5) is 17.2. The van der Waals surface area contributed by atoms with Crippen molar-refractivity contribution in [2.24, 2.45) is 0 Å². The quantitative estimate of drug-likeness (QED) is 0.814. The third-order valence-electron chi connectivity index (χ3n) is 3.38. The maximum absolute atomic E-state index is 5.75. The third-order valence-corrected chi connectivity index (χ3v) is 3.38. The van der Waals surface area contributed by atoms with Crippen molar-refractivity contribution >= 4 is 23.3 Å². The van der Waals surface area contributed by atoms with E-state index in [0.717, 1.165) is 37.9 Å². The Balaban J connectivity index is 1.68. The molecule has 0 aliphatic carbocycles. The predicted octanol–water partition coefficient (Wildman–Crippen LogP) is 0.363. The molecule has 0 unspecified atom stereocenters. The topological polar surface area (TPSA) is 97.2 Å². The SMILES string of the molecule is Nc1ccc(N2CCN(c3ncccn3)CC2)nc1N. The molecule has 0 aromatic carbocycles. The van der Waals surface area contributed by atoms with Crippen LogP contribution in [0.2, 0.25) is 0 Å². The monoisotopic (exact) mass is 271 g/mol. The maximum atomic E-state index is 5.75. The van der Waals surface area contributed by atoms with Crippen LogP contribution in [0.4, 0.5) is 23.3 Å². The molecule has 0 spiro atoms. The normalized spacial score (nSPS) is 15.4. The number of piperazine rings is 1. The summed E-state index contributed by atoms with van der Waals surface area (Å²) in [5.74, 6) is 2.03. The van der Waals surface area contributed by atoms with Crippen molar-refractivity contribution in [3.05, 3.63) is 30.6 Å². The fourth-order valence-corrected chi connectivity index (χ4v) is 2.24. The number of hydrogen-bond acceptors (Lipinski definition) is 7. The zero-order valence-corrected chi connectivity index (χ0v) is 11.1. The number of aromatic nitrogens is 3. The number of nitrogen functional groups attached to an aromatic ring is 2. The molecule has 7 nitrogen and oxygen atoms in total. The first-order valence-corrected chi connectivity index (χ1v) is 6.53. The minimum absolute atomic E-state index is 0.385. The van der Waals surface area contributed by atoms with Crippen LogP contribution in [-0.2, 0) is 0 Å². The lowest BCUT2D eigenvalue weighted by molar-refractivity contribution is 0.635. The zero-order valence-electron chi connectivity index (χ0n) is 11.1. The molecule has 0 bridgehead atoms. The number of hydrogen-bond donors (Lipinski definition) is 2. The summed E-state index contributed by atoms with van der Waals surface area (Å²) in [6.07, 6.45) is 3.52. The van der Waals surface area contributed by atoms with Gasteiger partial charge in [-0.05, 0) is 18.2 Å². The van der Waals surface area contributed by atoms with Crippen molar-refractivity contribution < 1.29 is 0 Å². The van der Waals surface area contributed by atoms with Gasteiger partial charge in [-0.3, -0.25) is 0 Å². The van der Waals surface area contributed by atoms with E-state index in [1.54, 1.807) is 18.5 Å². The van der Waals surface area contributed by atoms with E-state index in [2.05, 4.69) is 24.8 Å². The van der Waals surface area contributed by atoms with E-state index in [1.807, 2.05) is 12.1 Å². The molecule has 0 atom stereocenters. The van der Waals surface area contributed by atoms with Crippen LogP contribution in [0.5, 0.6) is 0 Å². The van der Waals surface area contributed by atoms with Crippen molar-refractivity contribution in [2.75, 3.05) is 47.4 Å². The van der Waals surface area contributed by atoms with Crippen molar-refractivity contribution in [1.29, 1.82) is 0 Å². The number of rotatable bonds is 2.